The molecule has 5 heteroatoms. The van der Waals surface area contributed by atoms with Crippen LogP contribution >= 0.6 is 0 Å². The van der Waals surface area contributed by atoms with E-state index in [0.29, 0.717) is 17.1 Å². The van der Waals surface area contributed by atoms with Crippen LogP contribution in [0.1, 0.15) is 83.9 Å². The topological polar surface area (TPSA) is 78.3 Å². The number of hydrogen-bond acceptors (Lipinski definition) is 3. The molecule has 0 amide bonds. The summed E-state index contributed by atoms with van der Waals surface area (Å²) in [6, 6.07) is 35.3. The molecule has 52 heavy (non-hydrogen) atoms. The molecule has 6 rings (SSSR count). The van der Waals surface area contributed by atoms with Gasteiger partial charge in [-0.2, -0.15) is 5.26 Å². The number of allylic oxidation sites excluding steroid dienone is 2. The van der Waals surface area contributed by atoms with Gasteiger partial charge in [-0.25, -0.2) is 0 Å². The number of aromatic nitrogens is 1. The molecule has 269 valence electrons. The summed E-state index contributed by atoms with van der Waals surface area (Å²) in [6.07, 6.45) is 6.94. The molecule has 0 saturated carbocycles. The third-order valence-corrected chi connectivity index (χ3v) is 11.1. The van der Waals surface area contributed by atoms with Crippen molar-refractivity contribution in [3.63, 3.8) is 0 Å². The molecule has 0 bridgehead atoms. The summed E-state index contributed by atoms with van der Waals surface area (Å²) in [6.45, 7) is 16.5. The van der Waals surface area contributed by atoms with Gasteiger partial charge in [0.25, 0.3) is 0 Å². The first-order valence-electron chi connectivity index (χ1n) is 18.1. The van der Waals surface area contributed by atoms with Gasteiger partial charge in [-0.05, 0) is 112 Å². The van der Waals surface area contributed by atoms with E-state index in [9.17, 15) is 9.90 Å². The van der Waals surface area contributed by atoms with Crippen molar-refractivity contribution in [1.82, 2.24) is 4.98 Å². The predicted octanol–water partition coefficient (Wildman–Crippen LogP) is 12.8. The molecule has 0 spiro atoms. The molecule has 0 aliphatic heterocycles. The number of aliphatic hydroxyl groups excluding tert-OH is 1. The number of fused-ring (bicyclic) bond motifs is 4. The van der Waals surface area contributed by atoms with Crippen LogP contribution in [0.3, 0.4) is 0 Å². The van der Waals surface area contributed by atoms with Crippen LogP contribution in [0, 0.1) is 42.1 Å². The van der Waals surface area contributed by atoms with Crippen LogP contribution in [0.15, 0.2) is 103 Å². The zero-order valence-corrected chi connectivity index (χ0v) is 34.1. The van der Waals surface area contributed by atoms with Crippen LogP contribution in [0.2, 0.25) is 0 Å². The second-order valence-corrected chi connectivity index (χ2v) is 14.3. The third kappa shape index (κ3) is 8.36. The molecule has 0 fully saturated rings. The summed E-state index contributed by atoms with van der Waals surface area (Å²) in [5.41, 5.74) is 6.93. The second kappa shape index (κ2) is 16.8. The van der Waals surface area contributed by atoms with Gasteiger partial charge in [0.2, 0.25) is 0 Å². The van der Waals surface area contributed by atoms with Crippen molar-refractivity contribution in [3.8, 4) is 28.5 Å². The van der Waals surface area contributed by atoms with E-state index in [2.05, 4.69) is 120 Å². The Bertz CT molecular complexity index is 2290. The average molecular weight is 867 g/mol. The number of benzene rings is 5. The van der Waals surface area contributed by atoms with Crippen molar-refractivity contribution in [1.29, 1.82) is 5.26 Å². The van der Waals surface area contributed by atoms with Gasteiger partial charge in [0, 0.05) is 31.7 Å². The molecule has 4 nitrogen and oxygen atoms in total. The largest absolute Gasteiger partial charge is 0.511 e. The van der Waals surface area contributed by atoms with E-state index in [1.807, 2.05) is 38.2 Å². The van der Waals surface area contributed by atoms with Crippen molar-refractivity contribution in [3.05, 3.63) is 126 Å². The van der Waals surface area contributed by atoms with Crippen LogP contribution in [0.5, 0.6) is 0 Å². The Morgan fingerprint density at radius 1 is 0.750 bits per heavy atom. The Kier molecular flexibility index (Phi) is 13.0. The van der Waals surface area contributed by atoms with E-state index in [4.69, 9.17) is 10.2 Å². The summed E-state index contributed by atoms with van der Waals surface area (Å²) in [7, 11) is 0. The fourth-order valence-corrected chi connectivity index (χ4v) is 6.61. The fraction of sp³-hybridized carbons (Fsp3) is 0.298. The molecule has 2 N–H and O–H groups in total. The van der Waals surface area contributed by atoms with E-state index in [1.54, 1.807) is 6.08 Å². The van der Waals surface area contributed by atoms with Gasteiger partial charge >= 0.3 is 5.78 Å². The Morgan fingerprint density at radius 3 is 1.96 bits per heavy atom. The molecule has 0 aliphatic carbocycles. The summed E-state index contributed by atoms with van der Waals surface area (Å²) in [4.78, 5) is 14.9. The molecule has 1 heterocycles. The third-order valence-electron chi connectivity index (χ3n) is 11.1. The minimum absolute atomic E-state index is 0. The monoisotopic (exact) mass is 867 g/mol. The van der Waals surface area contributed by atoms with Crippen molar-refractivity contribution >= 4 is 38.1 Å². The number of pyridine rings is 1. The number of rotatable bonds is 9. The van der Waals surface area contributed by atoms with Crippen LogP contribution in [-0.2, 0) is 20.1 Å². The first-order valence-corrected chi connectivity index (χ1v) is 18.1. The van der Waals surface area contributed by atoms with Crippen molar-refractivity contribution in [2.75, 3.05) is 0 Å². The predicted molar refractivity (Wildman–Crippen MR) is 216 cm³/mol. The summed E-state index contributed by atoms with van der Waals surface area (Å²) in [5, 5.41) is 26.3. The maximum Gasteiger partial charge on any atom is 0.325 e. The SMILES string of the molecule is CCC(C)(CC)C(=[OH+])/C=C(\O)C(C)(CC)CC.Cc1[c-]c(-c2nccc3c2ccc2cc(-c4ccc5cc(C#N)ccc5c4)ccc23)cc(C)c1.[Ir]. The number of nitrogens with zero attached hydrogens (tertiary/aromatic N) is 2. The first-order chi connectivity index (χ1) is 24.4. The van der Waals surface area contributed by atoms with E-state index in [0.717, 1.165) is 58.7 Å². The number of nitriles is 1. The Labute approximate surface area is 323 Å². The van der Waals surface area contributed by atoms with Gasteiger partial charge in [-0.1, -0.05) is 90.9 Å². The fourth-order valence-electron chi connectivity index (χ4n) is 6.61. The zero-order valence-electron chi connectivity index (χ0n) is 31.7. The van der Waals surface area contributed by atoms with E-state index in [1.165, 1.54) is 32.8 Å². The number of hydrogen-bond donors (Lipinski definition) is 1. The Hall–Kier alpha value is -4.62. The number of aryl methyl sites for hydroxylation is 2. The first kappa shape index (κ1) is 40.2. The van der Waals surface area contributed by atoms with E-state index >= 15 is 0 Å². The zero-order chi connectivity index (χ0) is 36.9. The molecule has 5 aromatic carbocycles. The van der Waals surface area contributed by atoms with Gasteiger partial charge in [0.1, 0.15) is 5.76 Å². The molecule has 0 saturated heterocycles. The molecular weight excluding hydrogens is 817 g/mol. The summed E-state index contributed by atoms with van der Waals surface area (Å²) in [5.74, 6) is 0.598. The van der Waals surface area contributed by atoms with Gasteiger partial charge in [-0.15, -0.1) is 34.9 Å². The van der Waals surface area contributed by atoms with Gasteiger partial charge < -0.3 is 10.1 Å². The summed E-state index contributed by atoms with van der Waals surface area (Å²) >= 11 is 0. The average Bonchev–Trinajstić information content (AvgIpc) is 3.15. The standard InChI is InChI=1S/C32H21N2.C15H28O2.Ir/c1-20-13-21(2)15-28(14-20)32-31-10-8-27-18-26(7-9-29(27)30(31)11-12-34-32)25-6-5-23-16-22(19-33)3-4-24(23)17-25;1-7-14(5,8-2)12(16)11-13(17)15(6,9-3)10-4;/h3-14,16-18H,1-2H3;11,16H,7-10H2,1-6H3;/q-1;;/p+1/b;12-11-;. The van der Waals surface area contributed by atoms with Crippen LogP contribution in [0.25, 0.3) is 54.7 Å². The number of carbonyl (C=O) groups excluding carboxylic acids is 1. The van der Waals surface area contributed by atoms with Crippen LogP contribution in [-0.4, -0.2) is 20.7 Å². The molecule has 0 unspecified atom stereocenters. The van der Waals surface area contributed by atoms with E-state index in [-0.39, 0.29) is 30.9 Å². The van der Waals surface area contributed by atoms with Crippen LogP contribution in [0.4, 0.5) is 0 Å². The quantitative estimate of drug-likeness (QED) is 0.0517. The van der Waals surface area contributed by atoms with Crippen molar-refractivity contribution < 1.29 is 30.0 Å². The van der Waals surface area contributed by atoms with Crippen molar-refractivity contribution in [2.24, 2.45) is 10.8 Å². The molecule has 6 aromatic rings. The van der Waals surface area contributed by atoms with Gasteiger partial charge in [-0.3, -0.25) is 4.79 Å². The maximum absolute atomic E-state index is 10.2. The Balaban J connectivity index is 0.000000289. The minimum atomic E-state index is -0.226. The molecule has 0 aliphatic rings. The number of ketones is 1. The minimum Gasteiger partial charge on any atom is -0.511 e. The second-order valence-electron chi connectivity index (χ2n) is 14.3. The van der Waals surface area contributed by atoms with Crippen molar-refractivity contribution in [2.45, 2.75) is 81.1 Å². The molecular formula is C47H50IrN2O2. The van der Waals surface area contributed by atoms with Gasteiger partial charge in [0.05, 0.1) is 23.1 Å². The number of aliphatic hydroxyl groups is 1. The molecule has 1 aromatic heterocycles. The smallest absolute Gasteiger partial charge is 0.325 e. The maximum atomic E-state index is 10.2. The van der Waals surface area contributed by atoms with Gasteiger partial charge in [0.15, 0.2) is 0 Å². The normalized spacial score (nSPS) is 11.9. The van der Waals surface area contributed by atoms with Crippen LogP contribution < -0.4 is 0 Å². The Morgan fingerprint density at radius 2 is 1.33 bits per heavy atom. The molecule has 0 atom stereocenters. The van der Waals surface area contributed by atoms with E-state index < -0.39 is 0 Å². The summed E-state index contributed by atoms with van der Waals surface area (Å²) < 4.78 is 0. The molecule has 1 radical (unpaired) electrons.